The predicted octanol–water partition coefficient (Wildman–Crippen LogP) is 5.04. The fourth-order valence-corrected chi connectivity index (χ4v) is 4.23. The van der Waals surface area contributed by atoms with Crippen LogP contribution in [0.4, 0.5) is 4.39 Å². The minimum Gasteiger partial charge on any atom is -0.494 e. The Hall–Kier alpha value is -2.13. The number of fused-ring (bicyclic) bond motifs is 2. The van der Waals surface area contributed by atoms with Crippen LogP contribution >= 0.6 is 0 Å². The molecular formula is C22H24FNO. The van der Waals surface area contributed by atoms with Gasteiger partial charge in [0.05, 0.1) is 7.11 Å². The Bertz CT molecular complexity index is 771. The maximum atomic E-state index is 13.7. The monoisotopic (exact) mass is 337 g/mol. The van der Waals surface area contributed by atoms with E-state index in [2.05, 4.69) is 41.3 Å². The van der Waals surface area contributed by atoms with Crippen LogP contribution in [0.3, 0.4) is 0 Å². The minimum absolute atomic E-state index is 0.298. The molecule has 2 heterocycles. The molecule has 0 aliphatic carbocycles. The highest BCUT2D eigenvalue weighted by Gasteiger charge is 2.34. The average Bonchev–Trinajstić information content (AvgIpc) is 2.63. The number of hydrogen-bond acceptors (Lipinski definition) is 2. The smallest absolute Gasteiger partial charge is 0.165 e. The molecule has 4 rings (SSSR count). The number of benzene rings is 2. The van der Waals surface area contributed by atoms with Crippen LogP contribution in [-0.4, -0.2) is 24.1 Å². The first-order chi connectivity index (χ1) is 12.2. The van der Waals surface area contributed by atoms with Gasteiger partial charge in [0.2, 0.25) is 0 Å². The molecule has 2 atom stereocenters. The number of methoxy groups -OCH3 is 1. The first-order valence-corrected chi connectivity index (χ1v) is 9.09. The van der Waals surface area contributed by atoms with E-state index in [1.54, 1.807) is 0 Å². The van der Waals surface area contributed by atoms with Gasteiger partial charge >= 0.3 is 0 Å². The van der Waals surface area contributed by atoms with Crippen LogP contribution in [0.2, 0.25) is 0 Å². The van der Waals surface area contributed by atoms with Gasteiger partial charge in [-0.05, 0) is 48.1 Å². The number of halogens is 1. The Balaban J connectivity index is 1.61. The molecule has 2 bridgehead atoms. The Morgan fingerprint density at radius 2 is 1.96 bits per heavy atom. The molecule has 2 aliphatic rings. The summed E-state index contributed by atoms with van der Waals surface area (Å²) in [6.07, 6.45) is 7.14. The quantitative estimate of drug-likeness (QED) is 0.774. The lowest BCUT2D eigenvalue weighted by Gasteiger charge is -2.45. The van der Waals surface area contributed by atoms with E-state index in [4.69, 9.17) is 4.74 Å². The van der Waals surface area contributed by atoms with Gasteiger partial charge in [-0.1, -0.05) is 48.9 Å². The summed E-state index contributed by atoms with van der Waals surface area (Å²) in [7, 11) is 1.52. The molecule has 130 valence electrons. The molecule has 0 amide bonds. The zero-order valence-electron chi connectivity index (χ0n) is 14.6. The first-order valence-electron chi connectivity index (χ1n) is 9.09. The van der Waals surface area contributed by atoms with Crippen LogP contribution in [0, 0.1) is 5.82 Å². The summed E-state index contributed by atoms with van der Waals surface area (Å²) in [4.78, 5) is 2.64. The van der Waals surface area contributed by atoms with Crippen molar-refractivity contribution in [3.63, 3.8) is 0 Å². The van der Waals surface area contributed by atoms with E-state index < -0.39 is 0 Å². The van der Waals surface area contributed by atoms with Crippen molar-refractivity contribution in [3.8, 4) is 5.75 Å². The van der Waals surface area contributed by atoms with Crippen LogP contribution in [0.15, 0.2) is 54.6 Å². The van der Waals surface area contributed by atoms with Crippen molar-refractivity contribution < 1.29 is 9.13 Å². The Labute approximate surface area is 148 Å². The van der Waals surface area contributed by atoms with E-state index in [0.29, 0.717) is 17.8 Å². The van der Waals surface area contributed by atoms with Crippen LogP contribution in [-0.2, 0) is 6.54 Å². The summed E-state index contributed by atoms with van der Waals surface area (Å²) in [5.41, 5.74) is 3.80. The van der Waals surface area contributed by atoms with E-state index in [-0.39, 0.29) is 5.82 Å². The zero-order chi connectivity index (χ0) is 17.2. The summed E-state index contributed by atoms with van der Waals surface area (Å²) in [6.45, 7) is 1.01. The topological polar surface area (TPSA) is 12.5 Å². The molecular weight excluding hydrogens is 313 g/mol. The number of rotatable bonds is 4. The van der Waals surface area contributed by atoms with Gasteiger partial charge < -0.3 is 4.74 Å². The normalized spacial score (nSPS) is 23.2. The fourth-order valence-electron chi connectivity index (χ4n) is 4.23. The molecule has 2 aromatic rings. The van der Waals surface area contributed by atoms with Gasteiger partial charge in [0.15, 0.2) is 11.6 Å². The third kappa shape index (κ3) is 3.34. The van der Waals surface area contributed by atoms with E-state index >= 15 is 0 Å². The Kier molecular flexibility index (Phi) is 4.58. The number of ether oxygens (including phenoxy) is 1. The highest BCUT2D eigenvalue weighted by Crippen LogP contribution is 2.38. The largest absolute Gasteiger partial charge is 0.494 e. The van der Waals surface area contributed by atoms with Gasteiger partial charge in [-0.3, -0.25) is 4.90 Å². The molecule has 0 aromatic heterocycles. The van der Waals surface area contributed by atoms with Gasteiger partial charge in [0.25, 0.3) is 0 Å². The lowest BCUT2D eigenvalue weighted by molar-refractivity contribution is 0.0951. The van der Waals surface area contributed by atoms with Crippen molar-refractivity contribution in [1.29, 1.82) is 0 Å². The molecule has 0 saturated carbocycles. The molecule has 2 aromatic carbocycles. The van der Waals surface area contributed by atoms with Gasteiger partial charge in [-0.2, -0.15) is 0 Å². The SMILES string of the molecule is COc1cc(C2=CC3CCCC(C2)N3Cc2ccccc2)ccc1F. The molecule has 0 radical (unpaired) electrons. The lowest BCUT2D eigenvalue weighted by atomic mass is 9.82. The number of hydrogen-bond donors (Lipinski definition) is 0. The van der Waals surface area contributed by atoms with Crippen molar-refractivity contribution >= 4 is 5.57 Å². The fraction of sp³-hybridized carbons (Fsp3) is 0.364. The molecule has 2 nitrogen and oxygen atoms in total. The third-order valence-electron chi connectivity index (χ3n) is 5.51. The number of nitrogens with zero attached hydrogens (tertiary/aromatic N) is 1. The van der Waals surface area contributed by atoms with Crippen molar-refractivity contribution in [2.24, 2.45) is 0 Å². The number of piperidine rings is 1. The maximum Gasteiger partial charge on any atom is 0.165 e. The van der Waals surface area contributed by atoms with Crippen molar-refractivity contribution in [3.05, 3.63) is 71.6 Å². The maximum absolute atomic E-state index is 13.7. The molecule has 2 aliphatic heterocycles. The van der Waals surface area contributed by atoms with Crippen LogP contribution in [0.25, 0.3) is 5.57 Å². The summed E-state index contributed by atoms with van der Waals surface area (Å²) in [5.74, 6) is 0.0313. The van der Waals surface area contributed by atoms with E-state index in [9.17, 15) is 4.39 Å². The highest BCUT2D eigenvalue weighted by molar-refractivity contribution is 5.69. The Morgan fingerprint density at radius 1 is 1.12 bits per heavy atom. The molecule has 1 fully saturated rings. The molecule has 3 heteroatoms. The molecule has 0 N–H and O–H groups in total. The van der Waals surface area contributed by atoms with E-state index in [0.717, 1.165) is 18.5 Å². The van der Waals surface area contributed by atoms with Gasteiger partial charge in [0, 0.05) is 18.6 Å². The lowest BCUT2D eigenvalue weighted by Crippen LogP contribution is -2.47. The zero-order valence-corrected chi connectivity index (χ0v) is 14.6. The Morgan fingerprint density at radius 3 is 2.72 bits per heavy atom. The van der Waals surface area contributed by atoms with Crippen molar-refractivity contribution in [2.45, 2.75) is 44.3 Å². The molecule has 1 saturated heterocycles. The minimum atomic E-state index is -0.298. The summed E-state index contributed by atoms with van der Waals surface area (Å²) in [5, 5.41) is 0. The second-order valence-corrected chi connectivity index (χ2v) is 7.06. The van der Waals surface area contributed by atoms with Crippen LogP contribution in [0.1, 0.15) is 36.8 Å². The van der Waals surface area contributed by atoms with E-state index in [1.807, 2.05) is 12.1 Å². The van der Waals surface area contributed by atoms with Gasteiger partial charge in [0.1, 0.15) is 0 Å². The predicted molar refractivity (Wildman–Crippen MR) is 99.0 cm³/mol. The summed E-state index contributed by atoms with van der Waals surface area (Å²) in [6, 6.07) is 17.0. The summed E-state index contributed by atoms with van der Waals surface area (Å²) < 4.78 is 18.9. The van der Waals surface area contributed by atoms with Gasteiger partial charge in [-0.15, -0.1) is 0 Å². The highest BCUT2D eigenvalue weighted by atomic mass is 19.1. The van der Waals surface area contributed by atoms with Crippen molar-refractivity contribution in [1.82, 2.24) is 4.90 Å². The van der Waals surface area contributed by atoms with Crippen LogP contribution in [0.5, 0.6) is 5.75 Å². The third-order valence-corrected chi connectivity index (χ3v) is 5.51. The molecule has 2 unspecified atom stereocenters. The average molecular weight is 337 g/mol. The molecule has 25 heavy (non-hydrogen) atoms. The molecule has 0 spiro atoms. The van der Waals surface area contributed by atoms with Crippen molar-refractivity contribution in [2.75, 3.05) is 7.11 Å². The standard InChI is InChI=1S/C22H24FNO/c1-25-22-14-17(10-11-21(22)23)18-12-19-8-5-9-20(13-18)24(19)15-16-6-3-2-4-7-16/h2-4,6-7,10-12,14,19-20H,5,8-9,13,15H2,1H3. The first kappa shape index (κ1) is 16.3. The summed E-state index contributed by atoms with van der Waals surface area (Å²) >= 11 is 0. The van der Waals surface area contributed by atoms with Gasteiger partial charge in [-0.25, -0.2) is 4.39 Å². The van der Waals surface area contributed by atoms with E-state index in [1.165, 1.54) is 43.6 Å². The van der Waals surface area contributed by atoms with Crippen LogP contribution < -0.4 is 4.74 Å². The second-order valence-electron chi connectivity index (χ2n) is 7.06. The second kappa shape index (κ2) is 7.01.